The maximum atomic E-state index is 5.33. The van der Waals surface area contributed by atoms with Gasteiger partial charge in [0.25, 0.3) is 0 Å². The number of benzene rings is 8. The zero-order valence-corrected chi connectivity index (χ0v) is 24.3. The van der Waals surface area contributed by atoms with Gasteiger partial charge in [-0.15, -0.1) is 0 Å². The van der Waals surface area contributed by atoms with Crippen molar-refractivity contribution in [1.82, 2.24) is 14.5 Å². The first kappa shape index (κ1) is 24.4. The number of aromatic nitrogens is 3. The van der Waals surface area contributed by atoms with Gasteiger partial charge in [-0.05, 0) is 62.6 Å². The molecule has 10 rings (SSSR count). The highest BCUT2D eigenvalue weighted by molar-refractivity contribution is 6.39. The van der Waals surface area contributed by atoms with Crippen LogP contribution in [-0.2, 0) is 0 Å². The topological polar surface area (TPSA) is 30.7 Å². The maximum absolute atomic E-state index is 5.33. The summed E-state index contributed by atoms with van der Waals surface area (Å²) in [6, 6.07) is 54.0. The summed E-state index contributed by atoms with van der Waals surface area (Å²) in [7, 11) is 0. The van der Waals surface area contributed by atoms with E-state index in [4.69, 9.17) is 9.97 Å². The van der Waals surface area contributed by atoms with Crippen LogP contribution in [0, 0.1) is 0 Å². The van der Waals surface area contributed by atoms with Crippen LogP contribution in [-0.4, -0.2) is 14.5 Å². The van der Waals surface area contributed by atoms with Crippen molar-refractivity contribution in [3.8, 4) is 28.3 Å². The van der Waals surface area contributed by atoms with Crippen LogP contribution in [0.2, 0.25) is 0 Å². The second kappa shape index (κ2) is 9.22. The zero-order chi connectivity index (χ0) is 29.5. The maximum Gasteiger partial charge on any atom is 0.162 e. The zero-order valence-electron chi connectivity index (χ0n) is 24.3. The van der Waals surface area contributed by atoms with Crippen molar-refractivity contribution in [3.05, 3.63) is 152 Å². The fourth-order valence-corrected chi connectivity index (χ4v) is 7.44. The van der Waals surface area contributed by atoms with Gasteiger partial charge in [-0.1, -0.05) is 121 Å². The number of hydrogen-bond acceptors (Lipinski definition) is 2. The van der Waals surface area contributed by atoms with Gasteiger partial charge in [0.15, 0.2) is 5.82 Å². The minimum Gasteiger partial charge on any atom is -0.308 e. The molecule has 10 aromatic rings. The van der Waals surface area contributed by atoms with Crippen LogP contribution in [0.25, 0.3) is 93.4 Å². The average molecular weight is 572 g/mol. The van der Waals surface area contributed by atoms with Crippen LogP contribution in [0.1, 0.15) is 0 Å². The fraction of sp³-hybridized carbons (Fsp3) is 0. The lowest BCUT2D eigenvalue weighted by Gasteiger charge is -2.14. The second-order valence-electron chi connectivity index (χ2n) is 11.7. The van der Waals surface area contributed by atoms with Crippen LogP contribution < -0.4 is 0 Å². The van der Waals surface area contributed by atoms with Gasteiger partial charge in [0.2, 0.25) is 0 Å². The third kappa shape index (κ3) is 3.41. The normalized spacial score (nSPS) is 12.0. The van der Waals surface area contributed by atoms with Crippen molar-refractivity contribution in [2.45, 2.75) is 0 Å². The van der Waals surface area contributed by atoms with Gasteiger partial charge >= 0.3 is 0 Å². The quantitative estimate of drug-likeness (QED) is 0.198. The summed E-state index contributed by atoms with van der Waals surface area (Å²) in [6.45, 7) is 0. The van der Waals surface area contributed by atoms with Crippen LogP contribution in [0.5, 0.6) is 0 Å². The molecule has 0 N–H and O–H groups in total. The summed E-state index contributed by atoms with van der Waals surface area (Å²) in [6.07, 6.45) is 0. The van der Waals surface area contributed by atoms with Crippen LogP contribution in [0.4, 0.5) is 0 Å². The summed E-state index contributed by atoms with van der Waals surface area (Å²) < 4.78 is 2.42. The predicted octanol–water partition coefficient (Wildman–Crippen LogP) is 11.0. The molecule has 0 aliphatic carbocycles. The number of hydrogen-bond donors (Lipinski definition) is 0. The number of nitrogens with zero attached hydrogens (tertiary/aromatic N) is 3. The first-order valence-electron chi connectivity index (χ1n) is 15.4. The van der Waals surface area contributed by atoms with E-state index in [1.165, 1.54) is 48.6 Å². The van der Waals surface area contributed by atoms with E-state index in [2.05, 4.69) is 150 Å². The third-order valence-corrected chi connectivity index (χ3v) is 9.33. The van der Waals surface area contributed by atoms with E-state index in [1.807, 2.05) is 6.07 Å². The van der Waals surface area contributed by atoms with Crippen molar-refractivity contribution >= 4 is 65.0 Å². The van der Waals surface area contributed by atoms with E-state index in [0.29, 0.717) is 0 Å². The molecule has 2 heterocycles. The first-order chi connectivity index (χ1) is 22.3. The minimum absolute atomic E-state index is 0.727. The predicted molar refractivity (Wildman–Crippen MR) is 188 cm³/mol. The van der Waals surface area contributed by atoms with Gasteiger partial charge in [-0.3, -0.25) is 0 Å². The van der Waals surface area contributed by atoms with Crippen LogP contribution in [0.15, 0.2) is 152 Å². The van der Waals surface area contributed by atoms with E-state index < -0.39 is 0 Å². The van der Waals surface area contributed by atoms with Gasteiger partial charge in [0.05, 0.1) is 22.2 Å². The largest absolute Gasteiger partial charge is 0.308 e. The first-order valence-corrected chi connectivity index (χ1v) is 15.4. The summed E-state index contributed by atoms with van der Waals surface area (Å²) >= 11 is 0. The van der Waals surface area contributed by atoms with E-state index in [9.17, 15) is 0 Å². The van der Waals surface area contributed by atoms with E-state index in [0.717, 1.165) is 44.8 Å². The Hall–Kier alpha value is -6.06. The summed E-state index contributed by atoms with van der Waals surface area (Å²) in [4.78, 5) is 10.5. The molecule has 0 saturated heterocycles. The molecular formula is C42H25N3. The Balaban J connectivity index is 1.42. The van der Waals surface area contributed by atoms with Gasteiger partial charge < -0.3 is 4.57 Å². The molecule has 0 radical (unpaired) electrons. The smallest absolute Gasteiger partial charge is 0.162 e. The molecule has 208 valence electrons. The van der Waals surface area contributed by atoms with Gasteiger partial charge in [0, 0.05) is 33.0 Å². The fourth-order valence-electron chi connectivity index (χ4n) is 7.44. The van der Waals surface area contributed by atoms with Crippen LogP contribution in [0.3, 0.4) is 0 Å². The van der Waals surface area contributed by atoms with Crippen molar-refractivity contribution in [3.63, 3.8) is 0 Å². The minimum atomic E-state index is 0.727. The second-order valence-corrected chi connectivity index (χ2v) is 11.7. The molecule has 0 aliphatic heterocycles. The highest BCUT2D eigenvalue weighted by atomic mass is 15.0. The van der Waals surface area contributed by atoms with Crippen molar-refractivity contribution < 1.29 is 0 Å². The Morgan fingerprint density at radius 2 is 1.11 bits per heavy atom. The van der Waals surface area contributed by atoms with E-state index >= 15 is 0 Å². The Bertz CT molecular complexity index is 2740. The summed E-state index contributed by atoms with van der Waals surface area (Å²) in [5.41, 5.74) is 7.42. The lowest BCUT2D eigenvalue weighted by Crippen LogP contribution is -1.99. The molecule has 3 heteroatoms. The SMILES string of the molecule is c1ccc(-c2nc(-c3ccc4c5ccc6ccccc6c5c5cccc6c5c4c3n6-c3ccccc3)nc3ccccc23)cc1. The van der Waals surface area contributed by atoms with Gasteiger partial charge in [-0.2, -0.15) is 0 Å². The van der Waals surface area contributed by atoms with Crippen molar-refractivity contribution in [2.24, 2.45) is 0 Å². The molecular weight excluding hydrogens is 546 g/mol. The summed E-state index contributed by atoms with van der Waals surface area (Å²) in [5, 5.41) is 11.2. The Kier molecular flexibility index (Phi) is 5.00. The molecule has 0 saturated carbocycles. The van der Waals surface area contributed by atoms with Gasteiger partial charge in [-0.25, -0.2) is 9.97 Å². The molecule has 0 spiro atoms. The number of fused-ring (bicyclic) bond motifs is 6. The lowest BCUT2D eigenvalue weighted by molar-refractivity contribution is 1.17. The standard InChI is InChI=1S/C42H25N3/c1-3-13-27(14-4-1)40-32-18-9-10-20-35(32)43-42(44-40)34-25-24-31-30-23-22-26-12-7-8-17-29(26)37(30)33-19-11-21-36-38(33)39(31)41(34)45(36)28-15-5-2-6-16-28/h1-25H. The summed E-state index contributed by atoms with van der Waals surface area (Å²) in [5.74, 6) is 0.727. The molecule has 0 amide bonds. The van der Waals surface area contributed by atoms with E-state index in [1.54, 1.807) is 0 Å². The Labute approximate surface area is 259 Å². The molecule has 8 aromatic carbocycles. The number of rotatable bonds is 3. The molecule has 0 unspecified atom stereocenters. The van der Waals surface area contributed by atoms with Crippen LogP contribution >= 0.6 is 0 Å². The number of para-hydroxylation sites is 2. The molecule has 0 fully saturated rings. The molecule has 0 aliphatic rings. The Morgan fingerprint density at radius 3 is 1.98 bits per heavy atom. The highest BCUT2D eigenvalue weighted by Gasteiger charge is 2.24. The van der Waals surface area contributed by atoms with E-state index in [-0.39, 0.29) is 0 Å². The third-order valence-electron chi connectivity index (χ3n) is 9.33. The van der Waals surface area contributed by atoms with Crippen molar-refractivity contribution in [1.29, 1.82) is 0 Å². The van der Waals surface area contributed by atoms with Gasteiger partial charge in [0.1, 0.15) is 0 Å². The van der Waals surface area contributed by atoms with Crippen molar-refractivity contribution in [2.75, 3.05) is 0 Å². The molecule has 2 aromatic heterocycles. The molecule has 0 bridgehead atoms. The highest BCUT2D eigenvalue weighted by Crippen LogP contribution is 2.48. The molecule has 45 heavy (non-hydrogen) atoms. The monoisotopic (exact) mass is 571 g/mol. The lowest BCUT2D eigenvalue weighted by atomic mass is 9.90. The Morgan fingerprint density at radius 1 is 0.422 bits per heavy atom. The average Bonchev–Trinajstić information content (AvgIpc) is 3.47. The molecule has 3 nitrogen and oxygen atoms in total. The molecule has 0 atom stereocenters.